The molecule has 1 aliphatic carbocycles. The van der Waals surface area contributed by atoms with E-state index >= 15 is 0 Å². The van der Waals surface area contributed by atoms with Crippen molar-refractivity contribution in [3.05, 3.63) is 41.1 Å². The molecular weight excluding hydrogens is 348 g/mol. The maximum Gasteiger partial charge on any atom is 0.181 e. The minimum Gasteiger partial charge on any atom is -0.505 e. The second-order valence-electron chi connectivity index (χ2n) is 5.48. The van der Waals surface area contributed by atoms with Gasteiger partial charge < -0.3 is 19.3 Å². The Hall–Kier alpha value is -2.47. The fourth-order valence-electron chi connectivity index (χ4n) is 2.90. The van der Waals surface area contributed by atoms with Crippen LogP contribution in [0.4, 0.5) is 0 Å². The highest BCUT2D eigenvalue weighted by Gasteiger charge is 2.39. The Morgan fingerprint density at radius 2 is 1.92 bits per heavy atom. The summed E-state index contributed by atoms with van der Waals surface area (Å²) < 4.78 is 15.5. The molecule has 6 nitrogen and oxygen atoms in total. The molecule has 0 aromatic heterocycles. The number of methoxy groups -OCH3 is 3. The molecule has 2 rings (SSSR count). The second kappa shape index (κ2) is 7.61. The predicted molar refractivity (Wildman–Crippen MR) is 92.4 cm³/mol. The summed E-state index contributed by atoms with van der Waals surface area (Å²) in [6.45, 7) is 3.70. The average Bonchev–Trinajstić information content (AvgIpc) is 2.62. The molecule has 7 heteroatoms. The molecule has 0 amide bonds. The lowest BCUT2D eigenvalue weighted by Gasteiger charge is -2.28. The van der Waals surface area contributed by atoms with E-state index in [9.17, 15) is 14.7 Å². The summed E-state index contributed by atoms with van der Waals surface area (Å²) in [5.74, 6) is -1.88. The molecule has 0 aliphatic heterocycles. The van der Waals surface area contributed by atoms with Crippen LogP contribution in [0.2, 0.25) is 5.02 Å². The van der Waals surface area contributed by atoms with E-state index < -0.39 is 23.4 Å². The Morgan fingerprint density at radius 3 is 2.44 bits per heavy atom. The number of ether oxygens (including phenoxy) is 3. The van der Waals surface area contributed by atoms with Crippen LogP contribution in [-0.4, -0.2) is 38.0 Å². The highest BCUT2D eigenvalue weighted by Crippen LogP contribution is 2.45. The molecule has 1 N–H and O–H groups in total. The van der Waals surface area contributed by atoms with Crippen molar-refractivity contribution in [3.63, 3.8) is 0 Å². The summed E-state index contributed by atoms with van der Waals surface area (Å²) >= 11 is 6.07. The van der Waals surface area contributed by atoms with E-state index in [1.807, 2.05) is 0 Å². The molecule has 1 aromatic carbocycles. The molecule has 2 atom stereocenters. The monoisotopic (exact) mass is 366 g/mol. The van der Waals surface area contributed by atoms with Crippen LogP contribution in [0.3, 0.4) is 0 Å². The zero-order chi connectivity index (χ0) is 18.7. The van der Waals surface area contributed by atoms with Crippen molar-refractivity contribution in [1.82, 2.24) is 0 Å². The molecular formula is C18H19ClO6. The fourth-order valence-corrected chi connectivity index (χ4v) is 3.12. The number of phenols is 1. The van der Waals surface area contributed by atoms with Crippen LogP contribution in [0, 0.1) is 11.8 Å². The molecule has 0 bridgehead atoms. The van der Waals surface area contributed by atoms with E-state index in [-0.39, 0.29) is 40.0 Å². The normalized spacial score (nSPS) is 19.8. The van der Waals surface area contributed by atoms with Crippen molar-refractivity contribution in [2.75, 3.05) is 21.3 Å². The van der Waals surface area contributed by atoms with Gasteiger partial charge in [-0.3, -0.25) is 9.59 Å². The van der Waals surface area contributed by atoms with Gasteiger partial charge in [-0.15, -0.1) is 6.58 Å². The third kappa shape index (κ3) is 3.35. The third-order valence-electron chi connectivity index (χ3n) is 4.15. The lowest BCUT2D eigenvalue weighted by Crippen LogP contribution is -2.31. The van der Waals surface area contributed by atoms with E-state index in [4.69, 9.17) is 25.8 Å². The Kier molecular flexibility index (Phi) is 5.74. The standard InChI is InChI=1S/C18H19ClO6/c1-5-9-6-10(20)7-11(23-2)14(9)17(21)15-12(24-3)8-13(25-4)16(19)18(15)22/h5,7-9,14,22H,1,6H2,2-4H3. The quantitative estimate of drug-likeness (QED) is 0.615. The molecule has 0 saturated heterocycles. The van der Waals surface area contributed by atoms with E-state index in [0.29, 0.717) is 0 Å². The minimum atomic E-state index is -0.815. The fraction of sp³-hybridized carbons (Fsp3) is 0.333. The molecule has 25 heavy (non-hydrogen) atoms. The highest BCUT2D eigenvalue weighted by atomic mass is 35.5. The number of benzene rings is 1. The summed E-state index contributed by atoms with van der Waals surface area (Å²) in [7, 11) is 4.12. The van der Waals surface area contributed by atoms with Crippen molar-refractivity contribution in [1.29, 1.82) is 0 Å². The van der Waals surface area contributed by atoms with Gasteiger partial charge >= 0.3 is 0 Å². The molecule has 1 aromatic rings. The van der Waals surface area contributed by atoms with Crippen LogP contribution in [0.5, 0.6) is 17.2 Å². The van der Waals surface area contributed by atoms with Gasteiger partial charge in [0, 0.05) is 24.5 Å². The van der Waals surface area contributed by atoms with Gasteiger partial charge in [0.25, 0.3) is 0 Å². The van der Waals surface area contributed by atoms with E-state index in [1.165, 1.54) is 39.5 Å². The van der Waals surface area contributed by atoms with Gasteiger partial charge in [-0.1, -0.05) is 17.7 Å². The number of halogens is 1. The van der Waals surface area contributed by atoms with Crippen LogP contribution in [0.1, 0.15) is 16.8 Å². The van der Waals surface area contributed by atoms with Crippen LogP contribution < -0.4 is 9.47 Å². The van der Waals surface area contributed by atoms with Gasteiger partial charge in [0.2, 0.25) is 0 Å². The van der Waals surface area contributed by atoms with Crippen LogP contribution in [-0.2, 0) is 9.53 Å². The largest absolute Gasteiger partial charge is 0.505 e. The Labute approximate surface area is 150 Å². The summed E-state index contributed by atoms with van der Waals surface area (Å²) in [5, 5.41) is 10.3. The topological polar surface area (TPSA) is 82.1 Å². The smallest absolute Gasteiger partial charge is 0.181 e. The number of allylic oxidation sites excluding steroid dienone is 3. The number of rotatable bonds is 6. The molecule has 2 unspecified atom stereocenters. The maximum absolute atomic E-state index is 13.2. The van der Waals surface area contributed by atoms with E-state index in [2.05, 4.69) is 6.58 Å². The SMILES string of the molecule is C=CC1CC(=O)C=C(OC)C1C(=O)c1c(OC)cc(OC)c(Cl)c1O. The van der Waals surface area contributed by atoms with Gasteiger partial charge in [-0.05, 0) is 0 Å². The number of aromatic hydroxyl groups is 1. The molecule has 1 aliphatic rings. The molecule has 0 fully saturated rings. The molecule has 134 valence electrons. The number of Topliss-reactive ketones (excluding diaryl/α,β-unsaturated/α-hetero) is 1. The third-order valence-corrected chi connectivity index (χ3v) is 4.52. The van der Waals surface area contributed by atoms with Crippen LogP contribution in [0.15, 0.2) is 30.6 Å². The Balaban J connectivity index is 2.63. The number of ketones is 2. The highest BCUT2D eigenvalue weighted by molar-refractivity contribution is 6.34. The zero-order valence-electron chi connectivity index (χ0n) is 14.2. The van der Waals surface area contributed by atoms with Gasteiger partial charge in [0.15, 0.2) is 17.3 Å². The number of phenolic OH excluding ortho intramolecular Hbond substituents is 1. The number of hydrogen-bond donors (Lipinski definition) is 1. The van der Waals surface area contributed by atoms with Gasteiger partial charge in [-0.25, -0.2) is 0 Å². The summed E-state index contributed by atoms with van der Waals surface area (Å²) in [6.07, 6.45) is 2.94. The maximum atomic E-state index is 13.2. The average molecular weight is 367 g/mol. The first kappa shape index (κ1) is 18.9. The lowest BCUT2D eigenvalue weighted by atomic mass is 9.77. The summed E-state index contributed by atoms with van der Waals surface area (Å²) in [5.41, 5.74) is -0.0950. The van der Waals surface area contributed by atoms with Crippen molar-refractivity contribution < 1.29 is 28.9 Å². The van der Waals surface area contributed by atoms with Crippen LogP contribution >= 0.6 is 11.6 Å². The molecule has 0 spiro atoms. The number of carbonyl (C=O) groups excluding carboxylic acids is 2. The van der Waals surface area contributed by atoms with Gasteiger partial charge in [0.1, 0.15) is 27.8 Å². The van der Waals surface area contributed by atoms with Gasteiger partial charge in [0.05, 0.1) is 27.2 Å². The second-order valence-corrected chi connectivity index (χ2v) is 5.86. The zero-order valence-corrected chi connectivity index (χ0v) is 14.9. The first-order valence-corrected chi connectivity index (χ1v) is 7.85. The van der Waals surface area contributed by atoms with E-state index in [1.54, 1.807) is 0 Å². The van der Waals surface area contributed by atoms with Crippen molar-refractivity contribution in [2.24, 2.45) is 11.8 Å². The molecule has 0 heterocycles. The summed E-state index contributed by atoms with van der Waals surface area (Å²) in [4.78, 5) is 25.0. The Bertz CT molecular complexity index is 752. The first-order chi connectivity index (χ1) is 11.9. The predicted octanol–water partition coefficient (Wildman–Crippen LogP) is 3.17. The van der Waals surface area contributed by atoms with Crippen LogP contribution in [0.25, 0.3) is 0 Å². The Morgan fingerprint density at radius 1 is 1.28 bits per heavy atom. The number of carbonyl (C=O) groups is 2. The molecule has 0 radical (unpaired) electrons. The van der Waals surface area contributed by atoms with Crippen molar-refractivity contribution >= 4 is 23.2 Å². The van der Waals surface area contributed by atoms with Crippen molar-refractivity contribution in [2.45, 2.75) is 6.42 Å². The first-order valence-electron chi connectivity index (χ1n) is 7.48. The number of hydrogen-bond acceptors (Lipinski definition) is 6. The molecule has 0 saturated carbocycles. The van der Waals surface area contributed by atoms with Gasteiger partial charge in [-0.2, -0.15) is 0 Å². The van der Waals surface area contributed by atoms with Crippen molar-refractivity contribution in [3.8, 4) is 17.2 Å². The lowest BCUT2D eigenvalue weighted by molar-refractivity contribution is -0.116. The summed E-state index contributed by atoms with van der Waals surface area (Å²) in [6, 6.07) is 1.42. The minimum absolute atomic E-state index is 0.0950. The van der Waals surface area contributed by atoms with E-state index in [0.717, 1.165) is 0 Å².